The Morgan fingerprint density at radius 3 is 2.82 bits per heavy atom. The fraction of sp³-hybridized carbons (Fsp3) is 0.462. The minimum Gasteiger partial charge on any atom is -0.481 e. The highest BCUT2D eigenvalue weighted by atomic mass is 16.5. The summed E-state index contributed by atoms with van der Waals surface area (Å²) < 4.78 is 5.76. The molecule has 1 fully saturated rings. The molecule has 0 spiro atoms. The number of aliphatic carboxylic acids is 1. The standard InChI is InChI=1S/C13H17NO3/c15-13(16)7-10-3-1-2-4-11(10)9-17-12-5-6-14-8-12/h1-4,12,14H,5-9H2,(H,15,16). The number of carboxylic acid groups (broad SMARTS) is 1. The fourth-order valence-electron chi connectivity index (χ4n) is 2.01. The number of hydrogen-bond donors (Lipinski definition) is 2. The van der Waals surface area contributed by atoms with Gasteiger partial charge in [0.05, 0.1) is 19.1 Å². The summed E-state index contributed by atoms with van der Waals surface area (Å²) in [5.41, 5.74) is 1.81. The lowest BCUT2D eigenvalue weighted by Crippen LogP contribution is -2.17. The molecule has 1 aromatic rings. The van der Waals surface area contributed by atoms with E-state index in [1.165, 1.54) is 0 Å². The molecule has 1 aromatic carbocycles. The second-order valence-corrected chi connectivity index (χ2v) is 4.27. The minimum atomic E-state index is -0.806. The number of nitrogens with one attached hydrogen (secondary N) is 1. The summed E-state index contributed by atoms with van der Waals surface area (Å²) in [6.45, 7) is 2.39. The number of hydrogen-bond acceptors (Lipinski definition) is 3. The van der Waals surface area contributed by atoms with Gasteiger partial charge in [-0.1, -0.05) is 24.3 Å². The molecule has 0 bridgehead atoms. The molecule has 1 saturated heterocycles. The van der Waals surface area contributed by atoms with Gasteiger partial charge in [-0.2, -0.15) is 0 Å². The number of ether oxygens (including phenoxy) is 1. The van der Waals surface area contributed by atoms with Gasteiger partial charge in [0, 0.05) is 6.54 Å². The van der Waals surface area contributed by atoms with Gasteiger partial charge in [0.15, 0.2) is 0 Å². The highest BCUT2D eigenvalue weighted by Gasteiger charge is 2.15. The Kier molecular flexibility index (Phi) is 4.12. The summed E-state index contributed by atoms with van der Waals surface area (Å²) >= 11 is 0. The molecule has 1 aliphatic rings. The van der Waals surface area contributed by atoms with Crippen molar-refractivity contribution in [3.8, 4) is 0 Å². The molecule has 0 radical (unpaired) electrons. The molecule has 0 amide bonds. The van der Waals surface area contributed by atoms with Crippen LogP contribution in [0.15, 0.2) is 24.3 Å². The highest BCUT2D eigenvalue weighted by Crippen LogP contribution is 2.13. The molecule has 2 N–H and O–H groups in total. The number of benzene rings is 1. The third kappa shape index (κ3) is 3.54. The second-order valence-electron chi connectivity index (χ2n) is 4.27. The van der Waals surface area contributed by atoms with Crippen LogP contribution in [0.3, 0.4) is 0 Å². The summed E-state index contributed by atoms with van der Waals surface area (Å²) in [4.78, 5) is 10.7. The van der Waals surface area contributed by atoms with Crippen molar-refractivity contribution in [2.45, 2.75) is 25.6 Å². The van der Waals surface area contributed by atoms with Crippen molar-refractivity contribution in [1.82, 2.24) is 5.32 Å². The Hall–Kier alpha value is -1.39. The average molecular weight is 235 g/mol. The van der Waals surface area contributed by atoms with Crippen LogP contribution in [-0.4, -0.2) is 30.3 Å². The predicted molar refractivity (Wildman–Crippen MR) is 63.8 cm³/mol. The number of carbonyl (C=O) groups is 1. The normalized spacial score (nSPS) is 19.4. The summed E-state index contributed by atoms with van der Waals surface area (Å²) in [5, 5.41) is 12.1. The molecule has 0 aromatic heterocycles. The Morgan fingerprint density at radius 2 is 2.18 bits per heavy atom. The first kappa shape index (κ1) is 12.1. The first-order chi connectivity index (χ1) is 8.25. The van der Waals surface area contributed by atoms with Gasteiger partial charge in [-0.15, -0.1) is 0 Å². The van der Waals surface area contributed by atoms with Crippen LogP contribution >= 0.6 is 0 Å². The maximum atomic E-state index is 10.7. The zero-order chi connectivity index (χ0) is 12.1. The molecule has 4 nitrogen and oxygen atoms in total. The molecule has 2 rings (SSSR count). The van der Waals surface area contributed by atoms with E-state index in [-0.39, 0.29) is 12.5 Å². The van der Waals surface area contributed by atoms with Crippen LogP contribution in [-0.2, 0) is 22.6 Å². The van der Waals surface area contributed by atoms with E-state index in [2.05, 4.69) is 5.32 Å². The number of rotatable bonds is 5. The molecular weight excluding hydrogens is 218 g/mol. The van der Waals surface area contributed by atoms with E-state index >= 15 is 0 Å². The van der Waals surface area contributed by atoms with Gasteiger partial charge in [-0.3, -0.25) is 4.79 Å². The number of carboxylic acids is 1. The quantitative estimate of drug-likeness (QED) is 0.805. The van der Waals surface area contributed by atoms with E-state index in [0.29, 0.717) is 6.61 Å². The van der Waals surface area contributed by atoms with Crippen LogP contribution in [0.2, 0.25) is 0 Å². The van der Waals surface area contributed by atoms with E-state index < -0.39 is 5.97 Å². The summed E-state index contributed by atoms with van der Waals surface area (Å²) in [6, 6.07) is 7.55. The van der Waals surface area contributed by atoms with Crippen molar-refractivity contribution in [2.24, 2.45) is 0 Å². The fourth-order valence-corrected chi connectivity index (χ4v) is 2.01. The molecule has 0 aliphatic carbocycles. The molecule has 4 heteroatoms. The smallest absolute Gasteiger partial charge is 0.307 e. The van der Waals surface area contributed by atoms with E-state index in [4.69, 9.17) is 9.84 Å². The summed E-state index contributed by atoms with van der Waals surface area (Å²) in [6.07, 6.45) is 1.34. The first-order valence-corrected chi connectivity index (χ1v) is 5.86. The molecular formula is C13H17NO3. The molecule has 1 aliphatic heterocycles. The third-order valence-corrected chi connectivity index (χ3v) is 2.95. The van der Waals surface area contributed by atoms with E-state index in [9.17, 15) is 4.79 Å². The third-order valence-electron chi connectivity index (χ3n) is 2.95. The SMILES string of the molecule is O=C(O)Cc1ccccc1COC1CCNC1. The maximum absolute atomic E-state index is 10.7. The van der Waals surface area contributed by atoms with Crippen molar-refractivity contribution in [3.05, 3.63) is 35.4 Å². The Morgan fingerprint density at radius 1 is 1.41 bits per heavy atom. The van der Waals surface area contributed by atoms with Gasteiger partial charge in [-0.05, 0) is 24.1 Å². The Bertz CT molecular complexity index is 386. The van der Waals surface area contributed by atoms with Gasteiger partial charge >= 0.3 is 5.97 Å². The lowest BCUT2D eigenvalue weighted by molar-refractivity contribution is -0.136. The van der Waals surface area contributed by atoms with Crippen LogP contribution in [0, 0.1) is 0 Å². The van der Waals surface area contributed by atoms with Crippen LogP contribution in [0.5, 0.6) is 0 Å². The van der Waals surface area contributed by atoms with Crippen molar-refractivity contribution in [3.63, 3.8) is 0 Å². The van der Waals surface area contributed by atoms with E-state index in [1.807, 2.05) is 24.3 Å². The van der Waals surface area contributed by atoms with Gasteiger partial charge in [0.25, 0.3) is 0 Å². The Balaban J connectivity index is 1.96. The van der Waals surface area contributed by atoms with Gasteiger partial charge < -0.3 is 15.2 Å². The molecule has 1 heterocycles. The summed E-state index contributed by atoms with van der Waals surface area (Å²) in [7, 11) is 0. The molecule has 1 atom stereocenters. The molecule has 0 saturated carbocycles. The molecule has 17 heavy (non-hydrogen) atoms. The maximum Gasteiger partial charge on any atom is 0.307 e. The van der Waals surface area contributed by atoms with Crippen molar-refractivity contribution < 1.29 is 14.6 Å². The average Bonchev–Trinajstić information content (AvgIpc) is 2.80. The molecule has 92 valence electrons. The van der Waals surface area contributed by atoms with Gasteiger partial charge in [0.1, 0.15) is 0 Å². The summed E-state index contributed by atoms with van der Waals surface area (Å²) in [5.74, 6) is -0.806. The first-order valence-electron chi connectivity index (χ1n) is 5.86. The molecule has 1 unspecified atom stereocenters. The predicted octanol–water partition coefficient (Wildman–Crippen LogP) is 1.19. The van der Waals surface area contributed by atoms with E-state index in [0.717, 1.165) is 30.6 Å². The van der Waals surface area contributed by atoms with Crippen LogP contribution in [0.4, 0.5) is 0 Å². The van der Waals surface area contributed by atoms with Crippen molar-refractivity contribution >= 4 is 5.97 Å². The topological polar surface area (TPSA) is 58.6 Å². The second kappa shape index (κ2) is 5.80. The minimum absolute atomic E-state index is 0.0580. The monoisotopic (exact) mass is 235 g/mol. The Labute approximate surface area is 101 Å². The van der Waals surface area contributed by atoms with Crippen LogP contribution < -0.4 is 5.32 Å². The lowest BCUT2D eigenvalue weighted by Gasteiger charge is -2.12. The van der Waals surface area contributed by atoms with Crippen LogP contribution in [0.25, 0.3) is 0 Å². The van der Waals surface area contributed by atoms with Crippen molar-refractivity contribution in [2.75, 3.05) is 13.1 Å². The van der Waals surface area contributed by atoms with Crippen molar-refractivity contribution in [1.29, 1.82) is 0 Å². The van der Waals surface area contributed by atoms with Gasteiger partial charge in [-0.25, -0.2) is 0 Å². The zero-order valence-corrected chi connectivity index (χ0v) is 9.69. The zero-order valence-electron chi connectivity index (χ0n) is 9.69. The highest BCUT2D eigenvalue weighted by molar-refractivity contribution is 5.70. The van der Waals surface area contributed by atoms with E-state index in [1.54, 1.807) is 0 Å². The van der Waals surface area contributed by atoms with Crippen LogP contribution in [0.1, 0.15) is 17.5 Å². The largest absolute Gasteiger partial charge is 0.481 e. The van der Waals surface area contributed by atoms with Gasteiger partial charge in [0.2, 0.25) is 0 Å². The lowest BCUT2D eigenvalue weighted by atomic mass is 10.1.